The number of aromatic nitrogens is 1. The Morgan fingerprint density at radius 3 is 2.55 bits per heavy atom. The molecular weight excluding hydrogens is 460 g/mol. The number of carbonyl (C=O) groups is 1. The Kier molecular flexibility index (Phi) is 6.12. The highest BCUT2D eigenvalue weighted by molar-refractivity contribution is 7.17. The number of carboxylic acid groups (broad SMARTS) is 1. The largest absolute Gasteiger partial charge is 0.496 e. The predicted molar refractivity (Wildman–Crippen MR) is 135 cm³/mol. The summed E-state index contributed by atoms with van der Waals surface area (Å²) in [4.78, 5) is 26.8. The lowest BCUT2D eigenvalue weighted by atomic mass is 9.85. The summed E-state index contributed by atoms with van der Waals surface area (Å²) in [7, 11) is 1.59. The molecule has 8 heteroatoms. The SMILES string of the molecule is COc1cc(Cl)c2[nH]c(=O)c3sccc3c2c1-c1ccc(C(CC(C)(C)C)NC(=O)O)cc1. The van der Waals surface area contributed by atoms with E-state index in [4.69, 9.17) is 16.3 Å². The number of nitrogens with one attached hydrogen (secondary N) is 2. The summed E-state index contributed by atoms with van der Waals surface area (Å²) in [5.41, 5.74) is 2.90. The number of H-pyrrole nitrogens is 1. The number of rotatable bonds is 5. The minimum atomic E-state index is -1.05. The molecule has 1 atom stereocenters. The van der Waals surface area contributed by atoms with Crippen LogP contribution >= 0.6 is 22.9 Å². The van der Waals surface area contributed by atoms with E-state index in [-0.39, 0.29) is 17.0 Å². The number of fused-ring (bicyclic) bond motifs is 3. The van der Waals surface area contributed by atoms with E-state index < -0.39 is 6.09 Å². The van der Waals surface area contributed by atoms with Crippen LogP contribution in [-0.2, 0) is 0 Å². The van der Waals surface area contributed by atoms with Crippen LogP contribution in [0.2, 0.25) is 5.02 Å². The van der Waals surface area contributed by atoms with Crippen LogP contribution in [0.5, 0.6) is 5.75 Å². The first-order valence-electron chi connectivity index (χ1n) is 10.5. The average molecular weight is 485 g/mol. The van der Waals surface area contributed by atoms with Crippen molar-refractivity contribution in [2.24, 2.45) is 5.41 Å². The van der Waals surface area contributed by atoms with Crippen molar-refractivity contribution in [1.29, 1.82) is 0 Å². The highest BCUT2D eigenvalue weighted by atomic mass is 35.5. The molecule has 0 saturated carbocycles. The molecule has 3 N–H and O–H groups in total. The standard InChI is InChI=1S/C25H25ClN2O4S/c1-25(2,3)12-17(27-24(30)31)13-5-7-14(8-6-13)19-18(32-4)11-16(26)21-20(19)15-9-10-33-22(15)23(29)28-21/h5-11,17,27H,12H2,1-4H3,(H,28,29)(H,30,31). The fourth-order valence-electron chi connectivity index (χ4n) is 4.21. The van der Waals surface area contributed by atoms with E-state index in [0.29, 0.717) is 27.4 Å². The monoisotopic (exact) mass is 484 g/mol. The molecule has 33 heavy (non-hydrogen) atoms. The summed E-state index contributed by atoms with van der Waals surface area (Å²) < 4.78 is 6.30. The fourth-order valence-corrected chi connectivity index (χ4v) is 5.25. The van der Waals surface area contributed by atoms with Crippen LogP contribution in [0, 0.1) is 5.41 Å². The van der Waals surface area contributed by atoms with Crippen molar-refractivity contribution in [3.63, 3.8) is 0 Å². The highest BCUT2D eigenvalue weighted by Crippen LogP contribution is 2.43. The zero-order chi connectivity index (χ0) is 23.9. The van der Waals surface area contributed by atoms with Crippen molar-refractivity contribution in [3.05, 3.63) is 62.7 Å². The molecule has 0 saturated heterocycles. The summed E-state index contributed by atoms with van der Waals surface area (Å²) in [6.45, 7) is 6.24. The third kappa shape index (κ3) is 4.56. The lowest BCUT2D eigenvalue weighted by molar-refractivity contribution is 0.184. The van der Waals surface area contributed by atoms with Gasteiger partial charge in [0.15, 0.2) is 0 Å². The number of ether oxygens (including phenoxy) is 1. The number of thiophene rings is 1. The van der Waals surface area contributed by atoms with Gasteiger partial charge in [-0.2, -0.15) is 0 Å². The Balaban J connectivity index is 1.90. The number of amides is 1. The van der Waals surface area contributed by atoms with Gasteiger partial charge in [0.05, 0.1) is 23.7 Å². The molecule has 0 aliphatic carbocycles. The van der Waals surface area contributed by atoms with Gasteiger partial charge in [0.25, 0.3) is 5.56 Å². The molecule has 0 radical (unpaired) electrons. The number of pyridine rings is 1. The molecule has 2 heterocycles. The lowest BCUT2D eigenvalue weighted by Crippen LogP contribution is -2.29. The second-order valence-corrected chi connectivity index (χ2v) is 10.5. The molecule has 1 unspecified atom stereocenters. The van der Waals surface area contributed by atoms with Crippen molar-refractivity contribution in [2.75, 3.05) is 7.11 Å². The van der Waals surface area contributed by atoms with Crippen LogP contribution in [-0.4, -0.2) is 23.3 Å². The number of hydrogen-bond donors (Lipinski definition) is 3. The molecule has 1 amide bonds. The second kappa shape index (κ2) is 8.72. The normalized spacial score (nSPS) is 12.8. The molecule has 172 valence electrons. The van der Waals surface area contributed by atoms with Crippen molar-refractivity contribution in [2.45, 2.75) is 33.2 Å². The maximum absolute atomic E-state index is 12.5. The zero-order valence-corrected chi connectivity index (χ0v) is 20.4. The lowest BCUT2D eigenvalue weighted by Gasteiger charge is -2.26. The maximum Gasteiger partial charge on any atom is 0.405 e. The third-order valence-electron chi connectivity index (χ3n) is 5.56. The first-order valence-corrected chi connectivity index (χ1v) is 11.7. The molecule has 0 bridgehead atoms. The number of hydrogen-bond acceptors (Lipinski definition) is 4. The van der Waals surface area contributed by atoms with E-state index in [1.54, 1.807) is 13.2 Å². The molecule has 2 aromatic carbocycles. The number of aromatic amines is 1. The van der Waals surface area contributed by atoms with Gasteiger partial charge in [0.2, 0.25) is 0 Å². The fraction of sp³-hybridized carbons (Fsp3) is 0.280. The number of halogens is 1. The molecule has 6 nitrogen and oxygen atoms in total. The molecule has 4 rings (SSSR count). The molecular formula is C25H25ClN2O4S. The summed E-state index contributed by atoms with van der Waals surface area (Å²) in [6.07, 6.45) is -0.398. The van der Waals surface area contributed by atoms with Crippen LogP contribution in [0.25, 0.3) is 32.1 Å². The van der Waals surface area contributed by atoms with Crippen molar-refractivity contribution < 1.29 is 14.6 Å². The Labute approximate surface area is 200 Å². The van der Waals surface area contributed by atoms with E-state index in [1.807, 2.05) is 35.7 Å². The van der Waals surface area contributed by atoms with Crippen LogP contribution < -0.4 is 15.6 Å². The van der Waals surface area contributed by atoms with E-state index in [2.05, 4.69) is 31.1 Å². The molecule has 2 aromatic heterocycles. The van der Waals surface area contributed by atoms with Gasteiger partial charge in [0, 0.05) is 22.4 Å². The van der Waals surface area contributed by atoms with Gasteiger partial charge >= 0.3 is 6.09 Å². The predicted octanol–water partition coefficient (Wildman–Crippen LogP) is 6.82. The van der Waals surface area contributed by atoms with Gasteiger partial charge in [-0.05, 0) is 34.4 Å². The van der Waals surface area contributed by atoms with Gasteiger partial charge in [0.1, 0.15) is 10.4 Å². The number of methoxy groups -OCH3 is 1. The van der Waals surface area contributed by atoms with Crippen LogP contribution in [0.15, 0.2) is 46.6 Å². The minimum absolute atomic E-state index is 0.0577. The molecule has 0 spiro atoms. The van der Waals surface area contributed by atoms with Crippen molar-refractivity contribution >= 4 is 50.0 Å². The van der Waals surface area contributed by atoms with E-state index in [1.165, 1.54) is 11.3 Å². The van der Waals surface area contributed by atoms with Crippen LogP contribution in [0.3, 0.4) is 0 Å². The number of benzene rings is 2. The Morgan fingerprint density at radius 1 is 1.24 bits per heavy atom. The van der Waals surface area contributed by atoms with Crippen LogP contribution in [0.1, 0.15) is 38.8 Å². The van der Waals surface area contributed by atoms with Gasteiger partial charge in [-0.25, -0.2) is 4.79 Å². The molecule has 0 fully saturated rings. The maximum atomic E-state index is 12.5. The minimum Gasteiger partial charge on any atom is -0.496 e. The molecule has 4 aromatic rings. The van der Waals surface area contributed by atoms with Crippen molar-refractivity contribution in [3.8, 4) is 16.9 Å². The topological polar surface area (TPSA) is 91.4 Å². The Morgan fingerprint density at radius 2 is 1.94 bits per heavy atom. The Bertz CT molecular complexity index is 1400. The molecule has 0 aliphatic rings. The van der Waals surface area contributed by atoms with E-state index in [9.17, 15) is 14.7 Å². The van der Waals surface area contributed by atoms with Gasteiger partial charge in [-0.15, -0.1) is 11.3 Å². The van der Waals surface area contributed by atoms with Gasteiger partial charge in [-0.1, -0.05) is 56.6 Å². The average Bonchev–Trinajstić information content (AvgIpc) is 3.23. The van der Waals surface area contributed by atoms with Crippen LogP contribution in [0.4, 0.5) is 4.79 Å². The van der Waals surface area contributed by atoms with Gasteiger partial charge < -0.3 is 20.1 Å². The first-order chi connectivity index (χ1) is 15.6. The van der Waals surface area contributed by atoms with Gasteiger partial charge in [-0.3, -0.25) is 4.79 Å². The first kappa shape index (κ1) is 23.1. The molecule has 0 aliphatic heterocycles. The second-order valence-electron chi connectivity index (χ2n) is 9.19. The van der Waals surface area contributed by atoms with E-state index in [0.717, 1.165) is 27.5 Å². The van der Waals surface area contributed by atoms with E-state index >= 15 is 0 Å². The zero-order valence-electron chi connectivity index (χ0n) is 18.8. The quantitative estimate of drug-likeness (QED) is 0.290. The summed E-state index contributed by atoms with van der Waals surface area (Å²) in [6, 6.07) is 11.0. The highest BCUT2D eigenvalue weighted by Gasteiger charge is 2.23. The third-order valence-corrected chi connectivity index (χ3v) is 6.77. The van der Waals surface area contributed by atoms with Crippen molar-refractivity contribution in [1.82, 2.24) is 10.3 Å². The summed E-state index contributed by atoms with van der Waals surface area (Å²) in [5.74, 6) is 0.592. The summed E-state index contributed by atoms with van der Waals surface area (Å²) >= 11 is 7.88. The smallest absolute Gasteiger partial charge is 0.405 e. The summed E-state index contributed by atoms with van der Waals surface area (Å²) in [5, 5.41) is 15.9. The Hall–Kier alpha value is -3.03.